The number of nitrogens with zero attached hydrogens (tertiary/aromatic N) is 2. The van der Waals surface area contributed by atoms with Crippen molar-refractivity contribution in [3.63, 3.8) is 0 Å². The summed E-state index contributed by atoms with van der Waals surface area (Å²) in [6, 6.07) is 10.5. The van der Waals surface area contributed by atoms with Crippen LogP contribution in [-0.2, 0) is 13.0 Å². The summed E-state index contributed by atoms with van der Waals surface area (Å²) < 4.78 is 0. The van der Waals surface area contributed by atoms with E-state index < -0.39 is 0 Å². The van der Waals surface area contributed by atoms with Crippen LogP contribution in [0.4, 0.5) is 0 Å². The van der Waals surface area contributed by atoms with E-state index in [2.05, 4.69) is 46.5 Å². The molecule has 0 aliphatic carbocycles. The minimum atomic E-state index is 0.801. The maximum absolute atomic E-state index is 4.36. The van der Waals surface area contributed by atoms with Crippen molar-refractivity contribution in [2.75, 3.05) is 6.54 Å². The van der Waals surface area contributed by atoms with Gasteiger partial charge in [-0.2, -0.15) is 0 Å². The van der Waals surface area contributed by atoms with Gasteiger partial charge in [-0.1, -0.05) is 24.3 Å². The van der Waals surface area contributed by atoms with Gasteiger partial charge >= 0.3 is 0 Å². The number of nitrogens with one attached hydrogen (secondary N) is 1. The zero-order chi connectivity index (χ0) is 12.8. The third kappa shape index (κ3) is 3.64. The Bertz CT molecular complexity index is 509. The minimum Gasteiger partial charge on any atom is -0.311 e. The lowest BCUT2D eigenvalue weighted by atomic mass is 10.1. The van der Waals surface area contributed by atoms with Gasteiger partial charge in [0.2, 0.25) is 0 Å². The molecule has 2 rings (SSSR count). The fourth-order valence-electron chi connectivity index (χ4n) is 1.93. The molecular formula is C15H19N3. The highest BCUT2D eigenvalue weighted by Crippen LogP contribution is 2.06. The van der Waals surface area contributed by atoms with Crippen LogP contribution in [0, 0.1) is 13.8 Å². The van der Waals surface area contributed by atoms with E-state index >= 15 is 0 Å². The van der Waals surface area contributed by atoms with E-state index in [9.17, 15) is 0 Å². The average Bonchev–Trinajstić information content (AvgIpc) is 2.37. The predicted octanol–water partition coefficient (Wildman–Crippen LogP) is 2.43. The summed E-state index contributed by atoms with van der Waals surface area (Å²) in [6.07, 6.45) is 2.86. The van der Waals surface area contributed by atoms with Gasteiger partial charge < -0.3 is 5.32 Å². The Morgan fingerprint density at radius 1 is 1.11 bits per heavy atom. The minimum absolute atomic E-state index is 0.801. The maximum Gasteiger partial charge on any atom is 0.125 e. The summed E-state index contributed by atoms with van der Waals surface area (Å²) in [5.74, 6) is 0.827. The van der Waals surface area contributed by atoms with Crippen molar-refractivity contribution in [1.29, 1.82) is 0 Å². The van der Waals surface area contributed by atoms with E-state index in [1.807, 2.05) is 13.0 Å². The summed E-state index contributed by atoms with van der Waals surface area (Å²) in [6.45, 7) is 5.84. The second-order valence-corrected chi connectivity index (χ2v) is 4.45. The fraction of sp³-hybridized carbons (Fsp3) is 0.333. The molecule has 0 atom stereocenters. The third-order valence-electron chi connectivity index (χ3n) is 2.97. The molecule has 94 valence electrons. The Morgan fingerprint density at radius 3 is 2.72 bits per heavy atom. The van der Waals surface area contributed by atoms with Crippen LogP contribution in [0.15, 0.2) is 36.5 Å². The van der Waals surface area contributed by atoms with E-state index in [1.54, 1.807) is 6.20 Å². The van der Waals surface area contributed by atoms with Gasteiger partial charge in [0.05, 0.1) is 5.69 Å². The lowest BCUT2D eigenvalue weighted by Gasteiger charge is -2.07. The highest BCUT2D eigenvalue weighted by atomic mass is 14.9. The Kier molecular flexibility index (Phi) is 4.42. The van der Waals surface area contributed by atoms with Gasteiger partial charge in [-0.15, -0.1) is 0 Å². The zero-order valence-electron chi connectivity index (χ0n) is 11.0. The molecule has 0 unspecified atom stereocenters. The van der Waals surface area contributed by atoms with Crippen LogP contribution < -0.4 is 5.32 Å². The summed E-state index contributed by atoms with van der Waals surface area (Å²) in [4.78, 5) is 8.45. The molecule has 0 fully saturated rings. The van der Waals surface area contributed by atoms with Crippen molar-refractivity contribution >= 4 is 0 Å². The molecule has 0 amide bonds. The van der Waals surface area contributed by atoms with Crippen molar-refractivity contribution < 1.29 is 0 Å². The second kappa shape index (κ2) is 6.26. The topological polar surface area (TPSA) is 37.8 Å². The van der Waals surface area contributed by atoms with E-state index in [0.717, 1.165) is 31.0 Å². The Labute approximate surface area is 108 Å². The molecule has 3 heteroatoms. The van der Waals surface area contributed by atoms with Gasteiger partial charge in [0.15, 0.2) is 0 Å². The van der Waals surface area contributed by atoms with Gasteiger partial charge in [0, 0.05) is 12.7 Å². The molecule has 1 aromatic carbocycles. The van der Waals surface area contributed by atoms with Gasteiger partial charge in [0.1, 0.15) is 5.82 Å². The summed E-state index contributed by atoms with van der Waals surface area (Å²) in [7, 11) is 0. The third-order valence-corrected chi connectivity index (χ3v) is 2.97. The number of aryl methyl sites for hydroxylation is 2. The number of hydrogen-bond donors (Lipinski definition) is 1. The summed E-state index contributed by atoms with van der Waals surface area (Å²) >= 11 is 0. The van der Waals surface area contributed by atoms with Gasteiger partial charge in [-0.25, -0.2) is 9.97 Å². The van der Waals surface area contributed by atoms with Crippen molar-refractivity contribution in [2.24, 2.45) is 0 Å². The lowest BCUT2D eigenvalue weighted by Crippen LogP contribution is -2.18. The normalized spacial score (nSPS) is 10.6. The van der Waals surface area contributed by atoms with Gasteiger partial charge in [0.25, 0.3) is 0 Å². The Morgan fingerprint density at radius 2 is 1.94 bits per heavy atom. The first-order valence-electron chi connectivity index (χ1n) is 6.29. The molecule has 18 heavy (non-hydrogen) atoms. The van der Waals surface area contributed by atoms with Crippen LogP contribution in [0.2, 0.25) is 0 Å². The highest BCUT2D eigenvalue weighted by molar-refractivity contribution is 5.25. The molecule has 0 saturated heterocycles. The SMILES string of the molecule is Cc1nccc(CNCCc2ccccc2C)n1. The van der Waals surface area contributed by atoms with Crippen molar-refractivity contribution in [3.8, 4) is 0 Å². The van der Waals surface area contributed by atoms with E-state index in [0.29, 0.717) is 0 Å². The number of benzene rings is 1. The smallest absolute Gasteiger partial charge is 0.125 e. The van der Waals surface area contributed by atoms with Crippen LogP contribution in [0.5, 0.6) is 0 Å². The zero-order valence-corrected chi connectivity index (χ0v) is 11.0. The molecule has 3 nitrogen and oxygen atoms in total. The fourth-order valence-corrected chi connectivity index (χ4v) is 1.93. The van der Waals surface area contributed by atoms with Crippen molar-refractivity contribution in [2.45, 2.75) is 26.8 Å². The van der Waals surface area contributed by atoms with E-state index in [4.69, 9.17) is 0 Å². The highest BCUT2D eigenvalue weighted by Gasteiger charge is 1.98. The molecule has 0 aliphatic heterocycles. The monoisotopic (exact) mass is 241 g/mol. The van der Waals surface area contributed by atoms with Gasteiger partial charge in [-0.3, -0.25) is 0 Å². The summed E-state index contributed by atoms with van der Waals surface area (Å²) in [5.41, 5.74) is 3.81. The lowest BCUT2D eigenvalue weighted by molar-refractivity contribution is 0.669. The molecule has 1 N–H and O–H groups in total. The van der Waals surface area contributed by atoms with Crippen molar-refractivity contribution in [3.05, 3.63) is 59.2 Å². The number of aromatic nitrogens is 2. The van der Waals surface area contributed by atoms with E-state index in [-0.39, 0.29) is 0 Å². The first-order chi connectivity index (χ1) is 8.75. The molecule has 0 spiro atoms. The number of rotatable bonds is 5. The first kappa shape index (κ1) is 12.7. The molecule has 2 aromatic rings. The Hall–Kier alpha value is -1.74. The molecule has 0 aliphatic rings. The van der Waals surface area contributed by atoms with Crippen LogP contribution >= 0.6 is 0 Å². The summed E-state index contributed by atoms with van der Waals surface area (Å²) in [5, 5.41) is 3.41. The molecular weight excluding hydrogens is 222 g/mol. The first-order valence-corrected chi connectivity index (χ1v) is 6.29. The quantitative estimate of drug-likeness (QED) is 0.817. The number of hydrogen-bond acceptors (Lipinski definition) is 3. The van der Waals surface area contributed by atoms with E-state index in [1.165, 1.54) is 11.1 Å². The second-order valence-electron chi connectivity index (χ2n) is 4.45. The van der Waals surface area contributed by atoms with Crippen molar-refractivity contribution in [1.82, 2.24) is 15.3 Å². The molecule has 0 radical (unpaired) electrons. The molecule has 1 heterocycles. The van der Waals surface area contributed by atoms with Crippen LogP contribution in [0.1, 0.15) is 22.6 Å². The van der Waals surface area contributed by atoms with Gasteiger partial charge in [-0.05, 0) is 44.0 Å². The average molecular weight is 241 g/mol. The Balaban J connectivity index is 1.78. The largest absolute Gasteiger partial charge is 0.311 e. The van der Waals surface area contributed by atoms with Crippen LogP contribution in [0.25, 0.3) is 0 Å². The molecule has 0 bridgehead atoms. The molecule has 0 saturated carbocycles. The standard InChI is InChI=1S/C15H19N3/c1-12-5-3-4-6-14(12)7-9-16-11-15-8-10-17-13(2)18-15/h3-6,8,10,16H,7,9,11H2,1-2H3. The maximum atomic E-state index is 4.36. The van der Waals surface area contributed by atoms with Crippen LogP contribution in [0.3, 0.4) is 0 Å². The molecule has 1 aromatic heterocycles. The van der Waals surface area contributed by atoms with Crippen LogP contribution in [-0.4, -0.2) is 16.5 Å². The predicted molar refractivity (Wildman–Crippen MR) is 73.4 cm³/mol.